The van der Waals surface area contributed by atoms with E-state index in [2.05, 4.69) is 24.7 Å². The molecule has 0 radical (unpaired) electrons. The van der Waals surface area contributed by atoms with Gasteiger partial charge in [-0.3, -0.25) is 4.99 Å². The Bertz CT molecular complexity index is 187. The van der Waals surface area contributed by atoms with Crippen LogP contribution in [0.1, 0.15) is 27.2 Å². The zero-order chi connectivity index (χ0) is 10.7. The number of aliphatic imine (C=N–C) groups is 1. The van der Waals surface area contributed by atoms with Gasteiger partial charge in [0.2, 0.25) is 0 Å². The second-order valence-electron chi connectivity index (χ2n) is 2.42. The minimum atomic E-state index is 0.788. The highest BCUT2D eigenvalue weighted by atomic mass is 14.7. The predicted molar refractivity (Wildman–Crippen MR) is 63.5 cm³/mol. The number of hydrogen-bond donors (Lipinski definition) is 0. The van der Waals surface area contributed by atoms with Gasteiger partial charge in [0.25, 0.3) is 0 Å². The van der Waals surface area contributed by atoms with Gasteiger partial charge < -0.3 is 0 Å². The summed E-state index contributed by atoms with van der Waals surface area (Å²) in [6.45, 7) is 17.8. The topological polar surface area (TPSA) is 12.4 Å². The third kappa shape index (κ3) is 10.9. The van der Waals surface area contributed by atoms with Crippen molar-refractivity contribution in [3.8, 4) is 0 Å². The minimum Gasteiger partial charge on any atom is -0.292 e. The van der Waals surface area contributed by atoms with Gasteiger partial charge in [-0.15, -0.1) is 6.58 Å². The fourth-order valence-corrected chi connectivity index (χ4v) is 0.451. The van der Waals surface area contributed by atoms with E-state index >= 15 is 0 Å². The highest BCUT2D eigenvalue weighted by molar-refractivity contribution is 5.83. The average molecular weight is 179 g/mol. The molecule has 0 aromatic rings. The molecule has 0 heterocycles. The third-order valence-corrected chi connectivity index (χ3v) is 1.26. The van der Waals surface area contributed by atoms with Gasteiger partial charge in [-0.25, -0.2) is 0 Å². The van der Waals surface area contributed by atoms with Crippen LogP contribution < -0.4 is 0 Å². The fraction of sp³-hybridized carbons (Fsp3) is 0.417. The minimum absolute atomic E-state index is 0.788. The number of allylic oxidation sites excluding steroid dienone is 2. The smallest absolute Gasteiger partial charge is 0.0423 e. The molecule has 0 aliphatic rings. The van der Waals surface area contributed by atoms with E-state index in [1.54, 1.807) is 6.21 Å². The van der Waals surface area contributed by atoms with Crippen molar-refractivity contribution in [3.05, 3.63) is 37.0 Å². The average Bonchev–Trinajstić information content (AvgIpc) is 2.15. The van der Waals surface area contributed by atoms with E-state index in [1.165, 1.54) is 0 Å². The standard InChI is InChI=1S/C10H15N.C2H6/c1-5-6-7-11-8-10(4)9(2)3;1-2/h5,8H,1-2,4,6-7H2,3H3;1-2H3. The Labute approximate surface area is 82.6 Å². The zero-order valence-electron chi connectivity index (χ0n) is 9.14. The monoisotopic (exact) mass is 179 g/mol. The van der Waals surface area contributed by atoms with Crippen molar-refractivity contribution in [1.29, 1.82) is 0 Å². The maximum absolute atomic E-state index is 4.13. The molecule has 0 aliphatic heterocycles. The van der Waals surface area contributed by atoms with Crippen LogP contribution in [0.25, 0.3) is 0 Å². The Balaban J connectivity index is 0. The van der Waals surface area contributed by atoms with Crippen molar-refractivity contribution in [2.75, 3.05) is 6.54 Å². The summed E-state index contributed by atoms with van der Waals surface area (Å²) < 4.78 is 0. The van der Waals surface area contributed by atoms with E-state index in [0.29, 0.717) is 0 Å². The van der Waals surface area contributed by atoms with Gasteiger partial charge >= 0.3 is 0 Å². The van der Waals surface area contributed by atoms with Gasteiger partial charge in [0, 0.05) is 12.8 Å². The third-order valence-electron chi connectivity index (χ3n) is 1.26. The summed E-state index contributed by atoms with van der Waals surface area (Å²) in [6.07, 6.45) is 4.52. The van der Waals surface area contributed by atoms with Gasteiger partial charge in [0.15, 0.2) is 0 Å². The van der Waals surface area contributed by atoms with Crippen molar-refractivity contribution in [2.24, 2.45) is 4.99 Å². The Kier molecular flexibility index (Phi) is 12.1. The molecule has 0 aromatic carbocycles. The van der Waals surface area contributed by atoms with Crippen LogP contribution in [-0.2, 0) is 0 Å². The molecule has 0 amide bonds. The van der Waals surface area contributed by atoms with Crippen molar-refractivity contribution in [3.63, 3.8) is 0 Å². The normalized spacial score (nSPS) is 8.85. The van der Waals surface area contributed by atoms with Crippen molar-refractivity contribution in [2.45, 2.75) is 27.2 Å². The highest BCUT2D eigenvalue weighted by Crippen LogP contribution is 1.99. The summed E-state index contributed by atoms with van der Waals surface area (Å²) in [7, 11) is 0. The Morgan fingerprint density at radius 3 is 2.23 bits per heavy atom. The van der Waals surface area contributed by atoms with Crippen molar-refractivity contribution in [1.82, 2.24) is 0 Å². The van der Waals surface area contributed by atoms with Gasteiger partial charge in [-0.1, -0.05) is 38.7 Å². The van der Waals surface area contributed by atoms with E-state index in [-0.39, 0.29) is 0 Å². The van der Waals surface area contributed by atoms with Crippen LogP contribution in [0.3, 0.4) is 0 Å². The molecule has 0 saturated heterocycles. The number of nitrogens with zero attached hydrogens (tertiary/aromatic N) is 1. The maximum Gasteiger partial charge on any atom is 0.0423 e. The van der Waals surface area contributed by atoms with Crippen LogP contribution in [0.2, 0.25) is 0 Å². The lowest BCUT2D eigenvalue weighted by Gasteiger charge is -1.94. The molecule has 13 heavy (non-hydrogen) atoms. The first-order chi connectivity index (χ1) is 6.18. The van der Waals surface area contributed by atoms with Crippen LogP contribution >= 0.6 is 0 Å². The van der Waals surface area contributed by atoms with E-state index in [0.717, 1.165) is 24.1 Å². The summed E-state index contributed by atoms with van der Waals surface area (Å²) in [4.78, 5) is 4.13. The van der Waals surface area contributed by atoms with Crippen LogP contribution in [-0.4, -0.2) is 12.8 Å². The lowest BCUT2D eigenvalue weighted by atomic mass is 10.2. The first-order valence-corrected chi connectivity index (χ1v) is 4.64. The molecule has 0 aromatic heterocycles. The SMILES string of the molecule is C=CCCN=CC(=C)C(=C)C.CC. The first kappa shape index (κ1) is 14.4. The maximum atomic E-state index is 4.13. The van der Waals surface area contributed by atoms with Crippen molar-refractivity contribution >= 4 is 6.21 Å². The lowest BCUT2D eigenvalue weighted by molar-refractivity contribution is 1.02. The second kappa shape index (κ2) is 10.9. The molecular formula is C12H21N. The molecule has 0 unspecified atom stereocenters. The van der Waals surface area contributed by atoms with Crippen LogP contribution in [0, 0.1) is 0 Å². The molecule has 0 spiro atoms. The summed E-state index contributed by atoms with van der Waals surface area (Å²) in [5.41, 5.74) is 1.86. The molecule has 0 N–H and O–H groups in total. The highest BCUT2D eigenvalue weighted by Gasteiger charge is 1.86. The lowest BCUT2D eigenvalue weighted by Crippen LogP contribution is -1.85. The molecule has 1 heteroatoms. The van der Waals surface area contributed by atoms with E-state index in [1.807, 2.05) is 26.8 Å². The Morgan fingerprint density at radius 2 is 1.85 bits per heavy atom. The van der Waals surface area contributed by atoms with Crippen LogP contribution in [0.15, 0.2) is 42.0 Å². The molecular weight excluding hydrogens is 158 g/mol. The predicted octanol–water partition coefficient (Wildman–Crippen LogP) is 3.79. The summed E-state index contributed by atoms with van der Waals surface area (Å²) in [5, 5.41) is 0. The second-order valence-corrected chi connectivity index (χ2v) is 2.42. The summed E-state index contributed by atoms with van der Waals surface area (Å²) in [6, 6.07) is 0. The van der Waals surface area contributed by atoms with Crippen LogP contribution in [0.5, 0.6) is 0 Å². The van der Waals surface area contributed by atoms with Gasteiger partial charge in [-0.05, 0) is 18.9 Å². The van der Waals surface area contributed by atoms with Gasteiger partial charge in [0.1, 0.15) is 0 Å². The Morgan fingerprint density at radius 1 is 1.31 bits per heavy atom. The first-order valence-electron chi connectivity index (χ1n) is 4.64. The van der Waals surface area contributed by atoms with E-state index in [9.17, 15) is 0 Å². The summed E-state index contributed by atoms with van der Waals surface area (Å²) in [5.74, 6) is 0. The molecule has 0 saturated carbocycles. The molecule has 0 bridgehead atoms. The molecule has 0 rings (SSSR count). The molecule has 74 valence electrons. The Hall–Kier alpha value is -1.11. The van der Waals surface area contributed by atoms with E-state index in [4.69, 9.17) is 0 Å². The summed E-state index contributed by atoms with van der Waals surface area (Å²) >= 11 is 0. The fourth-order valence-electron chi connectivity index (χ4n) is 0.451. The number of rotatable bonds is 5. The largest absolute Gasteiger partial charge is 0.292 e. The van der Waals surface area contributed by atoms with Gasteiger partial charge in [-0.2, -0.15) is 0 Å². The van der Waals surface area contributed by atoms with E-state index < -0.39 is 0 Å². The molecule has 0 atom stereocenters. The van der Waals surface area contributed by atoms with Crippen molar-refractivity contribution < 1.29 is 0 Å². The molecule has 0 fully saturated rings. The zero-order valence-corrected chi connectivity index (χ0v) is 9.14. The molecule has 1 nitrogen and oxygen atoms in total. The molecule has 0 aliphatic carbocycles. The number of hydrogen-bond acceptors (Lipinski definition) is 1. The quantitative estimate of drug-likeness (QED) is 0.263. The van der Waals surface area contributed by atoms with Crippen LogP contribution in [0.4, 0.5) is 0 Å². The van der Waals surface area contributed by atoms with Gasteiger partial charge in [0.05, 0.1) is 0 Å².